The summed E-state index contributed by atoms with van der Waals surface area (Å²) in [5.74, 6) is 0.641. The number of alkyl halides is 1. The van der Waals surface area contributed by atoms with Crippen molar-refractivity contribution < 1.29 is 4.39 Å². The van der Waals surface area contributed by atoms with Crippen LogP contribution in [0.4, 0.5) is 4.39 Å². The molecule has 0 aromatic carbocycles. The molecule has 1 N–H and O–H groups in total. The predicted molar refractivity (Wildman–Crippen MR) is 55.6 cm³/mol. The van der Waals surface area contributed by atoms with Crippen molar-refractivity contribution in [2.45, 2.75) is 25.4 Å². The van der Waals surface area contributed by atoms with Crippen LogP contribution in [0, 0.1) is 13.8 Å². The van der Waals surface area contributed by atoms with Crippen molar-refractivity contribution in [2.75, 3.05) is 12.4 Å². The molecule has 1 aromatic heterocycles. The lowest BCUT2D eigenvalue weighted by molar-refractivity contribution is 0.489. The van der Waals surface area contributed by atoms with Gasteiger partial charge in [-0.25, -0.2) is 4.98 Å². The molecule has 1 aromatic rings. The second kappa shape index (κ2) is 5.14. The molecule has 1 rings (SSSR count). The minimum atomic E-state index is -0.331. The fourth-order valence-electron chi connectivity index (χ4n) is 0.911. The second-order valence-corrected chi connectivity index (χ2v) is 4.06. The Morgan fingerprint density at radius 2 is 2.21 bits per heavy atom. The Bertz CT molecular complexity index is 364. The first-order valence-electron chi connectivity index (χ1n) is 4.41. The number of nitrogens with one attached hydrogen (secondary N) is 1. The van der Waals surface area contributed by atoms with Crippen LogP contribution < -0.4 is 5.56 Å². The maximum atomic E-state index is 11.8. The summed E-state index contributed by atoms with van der Waals surface area (Å²) in [6.07, 6.45) is 0.487. The summed E-state index contributed by atoms with van der Waals surface area (Å²) < 4.78 is 11.8. The highest BCUT2D eigenvalue weighted by molar-refractivity contribution is 7.99. The highest BCUT2D eigenvalue weighted by Gasteiger charge is 2.03. The number of halogens is 1. The van der Waals surface area contributed by atoms with Gasteiger partial charge in [-0.2, -0.15) is 0 Å². The minimum Gasteiger partial charge on any atom is -0.301 e. The highest BCUT2D eigenvalue weighted by Crippen LogP contribution is 2.13. The molecule has 0 unspecified atom stereocenters. The van der Waals surface area contributed by atoms with Gasteiger partial charge in [0.15, 0.2) is 5.16 Å². The van der Waals surface area contributed by atoms with Crippen LogP contribution in [0.15, 0.2) is 9.95 Å². The Balaban J connectivity index is 2.75. The van der Waals surface area contributed by atoms with Crippen molar-refractivity contribution in [1.29, 1.82) is 0 Å². The Kier molecular flexibility index (Phi) is 4.13. The first kappa shape index (κ1) is 11.2. The van der Waals surface area contributed by atoms with E-state index in [0.717, 1.165) is 5.69 Å². The molecule has 0 spiro atoms. The first-order valence-corrected chi connectivity index (χ1v) is 5.40. The van der Waals surface area contributed by atoms with Crippen molar-refractivity contribution >= 4 is 11.8 Å². The summed E-state index contributed by atoms with van der Waals surface area (Å²) in [5.41, 5.74) is 1.26. The van der Waals surface area contributed by atoms with Gasteiger partial charge in [0.25, 0.3) is 5.56 Å². The summed E-state index contributed by atoms with van der Waals surface area (Å²) in [4.78, 5) is 18.1. The maximum absolute atomic E-state index is 11.8. The van der Waals surface area contributed by atoms with Crippen molar-refractivity contribution in [2.24, 2.45) is 0 Å². The van der Waals surface area contributed by atoms with E-state index < -0.39 is 0 Å². The molecule has 14 heavy (non-hydrogen) atoms. The van der Waals surface area contributed by atoms with Gasteiger partial charge < -0.3 is 4.98 Å². The molecule has 0 aliphatic rings. The molecule has 1 heterocycles. The van der Waals surface area contributed by atoms with E-state index in [1.807, 2.05) is 0 Å². The van der Waals surface area contributed by atoms with E-state index >= 15 is 0 Å². The number of hydrogen-bond donors (Lipinski definition) is 1. The third kappa shape index (κ3) is 2.83. The third-order valence-electron chi connectivity index (χ3n) is 1.89. The maximum Gasteiger partial charge on any atom is 0.254 e. The molecule has 0 atom stereocenters. The van der Waals surface area contributed by atoms with Crippen LogP contribution in [0.3, 0.4) is 0 Å². The summed E-state index contributed by atoms with van der Waals surface area (Å²) >= 11 is 1.38. The van der Waals surface area contributed by atoms with E-state index in [9.17, 15) is 9.18 Å². The molecule has 0 radical (unpaired) electrons. The van der Waals surface area contributed by atoms with E-state index in [1.54, 1.807) is 13.8 Å². The number of aryl methyl sites for hydroxylation is 1. The van der Waals surface area contributed by atoms with Crippen LogP contribution in [0.2, 0.25) is 0 Å². The largest absolute Gasteiger partial charge is 0.301 e. The predicted octanol–water partition coefficient (Wildman–Crippen LogP) is 1.84. The van der Waals surface area contributed by atoms with Gasteiger partial charge in [-0.05, 0) is 20.3 Å². The molecule has 5 heteroatoms. The summed E-state index contributed by atoms with van der Waals surface area (Å²) in [6.45, 7) is 3.20. The number of hydrogen-bond acceptors (Lipinski definition) is 3. The van der Waals surface area contributed by atoms with E-state index in [2.05, 4.69) is 9.97 Å². The SMILES string of the molecule is Cc1nc(SCCCF)[nH]c(=O)c1C. The normalized spacial score (nSPS) is 10.5. The van der Waals surface area contributed by atoms with Crippen LogP contribution in [-0.4, -0.2) is 22.4 Å². The lowest BCUT2D eigenvalue weighted by Crippen LogP contribution is -2.14. The molecule has 0 saturated heterocycles. The average Bonchev–Trinajstić information content (AvgIpc) is 2.14. The van der Waals surface area contributed by atoms with Crippen LogP contribution in [0.5, 0.6) is 0 Å². The number of nitrogens with zero attached hydrogens (tertiary/aromatic N) is 1. The molecule has 0 amide bonds. The van der Waals surface area contributed by atoms with Crippen molar-refractivity contribution in [3.05, 3.63) is 21.6 Å². The van der Waals surface area contributed by atoms with Gasteiger partial charge in [-0.1, -0.05) is 11.8 Å². The van der Waals surface area contributed by atoms with Crippen molar-refractivity contribution in [1.82, 2.24) is 9.97 Å². The molecule has 0 saturated carbocycles. The standard InChI is InChI=1S/C9H13FN2OS/c1-6-7(2)11-9(12-8(6)13)14-5-3-4-10/h3-5H2,1-2H3,(H,11,12,13). The Labute approximate surface area is 86.1 Å². The molecule has 78 valence electrons. The fourth-order valence-corrected chi connectivity index (χ4v) is 1.72. The van der Waals surface area contributed by atoms with Gasteiger partial charge >= 0.3 is 0 Å². The highest BCUT2D eigenvalue weighted by atomic mass is 32.2. The molecule has 3 nitrogen and oxygen atoms in total. The van der Waals surface area contributed by atoms with E-state index in [0.29, 0.717) is 22.9 Å². The first-order chi connectivity index (χ1) is 6.65. The van der Waals surface area contributed by atoms with Gasteiger partial charge in [0, 0.05) is 17.0 Å². The second-order valence-electron chi connectivity index (χ2n) is 2.97. The van der Waals surface area contributed by atoms with Crippen LogP contribution in [-0.2, 0) is 0 Å². The minimum absolute atomic E-state index is 0.111. The van der Waals surface area contributed by atoms with E-state index in [-0.39, 0.29) is 12.2 Å². The summed E-state index contributed by atoms with van der Waals surface area (Å²) in [7, 11) is 0. The average molecular weight is 216 g/mol. The molecular weight excluding hydrogens is 203 g/mol. The lowest BCUT2D eigenvalue weighted by Gasteiger charge is -2.02. The number of H-pyrrole nitrogens is 1. The summed E-state index contributed by atoms with van der Waals surface area (Å²) in [6, 6.07) is 0. The molecule has 0 aliphatic carbocycles. The molecule has 0 bridgehead atoms. The molecular formula is C9H13FN2OS. The van der Waals surface area contributed by atoms with Gasteiger partial charge in [-0.3, -0.25) is 9.18 Å². The van der Waals surface area contributed by atoms with Crippen LogP contribution >= 0.6 is 11.8 Å². The van der Waals surface area contributed by atoms with Gasteiger partial charge in [0.2, 0.25) is 0 Å². The topological polar surface area (TPSA) is 45.8 Å². The van der Waals surface area contributed by atoms with E-state index in [4.69, 9.17) is 0 Å². The van der Waals surface area contributed by atoms with E-state index in [1.165, 1.54) is 11.8 Å². The number of rotatable bonds is 4. The van der Waals surface area contributed by atoms with Gasteiger partial charge in [-0.15, -0.1) is 0 Å². The van der Waals surface area contributed by atoms with Gasteiger partial charge in [0.05, 0.1) is 6.67 Å². The number of aromatic nitrogens is 2. The quantitative estimate of drug-likeness (QED) is 0.474. The fraction of sp³-hybridized carbons (Fsp3) is 0.556. The zero-order chi connectivity index (χ0) is 10.6. The lowest BCUT2D eigenvalue weighted by atomic mass is 10.3. The van der Waals surface area contributed by atoms with Crippen LogP contribution in [0.1, 0.15) is 17.7 Å². The van der Waals surface area contributed by atoms with Crippen molar-refractivity contribution in [3.8, 4) is 0 Å². The monoisotopic (exact) mass is 216 g/mol. The molecule has 0 fully saturated rings. The summed E-state index contributed by atoms with van der Waals surface area (Å²) in [5, 5.41) is 0.576. The Morgan fingerprint density at radius 1 is 1.50 bits per heavy atom. The van der Waals surface area contributed by atoms with Crippen molar-refractivity contribution in [3.63, 3.8) is 0 Å². The Morgan fingerprint density at radius 3 is 2.79 bits per heavy atom. The zero-order valence-electron chi connectivity index (χ0n) is 8.26. The van der Waals surface area contributed by atoms with Crippen LogP contribution in [0.25, 0.3) is 0 Å². The third-order valence-corrected chi connectivity index (χ3v) is 2.85. The molecule has 0 aliphatic heterocycles. The zero-order valence-corrected chi connectivity index (χ0v) is 9.08. The van der Waals surface area contributed by atoms with Gasteiger partial charge in [0.1, 0.15) is 0 Å². The smallest absolute Gasteiger partial charge is 0.254 e. The number of thioether (sulfide) groups is 1. The Hall–Kier alpha value is -0.840. The number of aromatic amines is 1.